The zero-order valence-electron chi connectivity index (χ0n) is 16.1. The molecule has 1 N–H and O–H groups in total. The molecule has 1 saturated heterocycles. The molecule has 3 rings (SSSR count). The van der Waals surface area contributed by atoms with Crippen molar-refractivity contribution in [2.24, 2.45) is 0 Å². The quantitative estimate of drug-likeness (QED) is 0.380. The first kappa shape index (κ1) is 20.8. The number of benzene rings is 2. The summed E-state index contributed by atoms with van der Waals surface area (Å²) in [4.78, 5) is 38.6. The molecule has 0 atom stereocenters. The van der Waals surface area contributed by atoms with Crippen molar-refractivity contribution in [3.05, 3.63) is 56.7 Å². The standard InChI is InChI=1S/C21H19IN2O5/c1-4-29-17-11-13(10-16(22)18(17)28-3)9-15-19(25)23-21(27)24(20(15)26)14-7-5-12(2)6-8-14/h5-11H,4H2,1-3H3,(H,23,25,27)/b15-9-. The van der Waals surface area contributed by atoms with E-state index in [0.29, 0.717) is 29.4 Å². The van der Waals surface area contributed by atoms with E-state index in [1.807, 2.05) is 13.8 Å². The third kappa shape index (κ3) is 4.26. The predicted molar refractivity (Wildman–Crippen MR) is 117 cm³/mol. The van der Waals surface area contributed by atoms with Gasteiger partial charge in [0.15, 0.2) is 11.5 Å². The zero-order valence-corrected chi connectivity index (χ0v) is 18.3. The lowest BCUT2D eigenvalue weighted by atomic mass is 10.1. The highest BCUT2D eigenvalue weighted by molar-refractivity contribution is 14.1. The highest BCUT2D eigenvalue weighted by atomic mass is 127. The van der Waals surface area contributed by atoms with Gasteiger partial charge in [0.05, 0.1) is 23.0 Å². The number of halogens is 1. The number of anilines is 1. The second-order valence-electron chi connectivity index (χ2n) is 6.26. The summed E-state index contributed by atoms with van der Waals surface area (Å²) < 4.78 is 11.7. The maximum absolute atomic E-state index is 13.0. The van der Waals surface area contributed by atoms with Crippen LogP contribution in [0.1, 0.15) is 18.1 Å². The van der Waals surface area contributed by atoms with E-state index in [0.717, 1.165) is 14.0 Å². The molecule has 29 heavy (non-hydrogen) atoms. The maximum atomic E-state index is 13.0. The molecule has 1 heterocycles. The van der Waals surface area contributed by atoms with Gasteiger partial charge in [0.2, 0.25) is 0 Å². The Morgan fingerprint density at radius 1 is 1.14 bits per heavy atom. The molecule has 0 radical (unpaired) electrons. The monoisotopic (exact) mass is 506 g/mol. The van der Waals surface area contributed by atoms with Crippen molar-refractivity contribution in [2.75, 3.05) is 18.6 Å². The summed E-state index contributed by atoms with van der Waals surface area (Å²) in [5.41, 5.74) is 1.81. The van der Waals surface area contributed by atoms with Gasteiger partial charge in [-0.05, 0) is 72.3 Å². The Morgan fingerprint density at radius 3 is 2.45 bits per heavy atom. The van der Waals surface area contributed by atoms with Crippen LogP contribution in [0, 0.1) is 10.5 Å². The first-order chi connectivity index (χ1) is 13.8. The Bertz CT molecular complexity index is 1010. The van der Waals surface area contributed by atoms with Crippen molar-refractivity contribution in [2.45, 2.75) is 13.8 Å². The van der Waals surface area contributed by atoms with Crippen LogP contribution in [0.15, 0.2) is 42.0 Å². The maximum Gasteiger partial charge on any atom is 0.335 e. The lowest BCUT2D eigenvalue weighted by molar-refractivity contribution is -0.122. The van der Waals surface area contributed by atoms with Gasteiger partial charge in [0.1, 0.15) is 5.57 Å². The number of methoxy groups -OCH3 is 1. The number of barbiturate groups is 1. The summed E-state index contributed by atoms with van der Waals surface area (Å²) in [7, 11) is 1.54. The summed E-state index contributed by atoms with van der Waals surface area (Å²) >= 11 is 2.09. The highest BCUT2D eigenvalue weighted by Gasteiger charge is 2.36. The number of hydrogen-bond acceptors (Lipinski definition) is 5. The summed E-state index contributed by atoms with van der Waals surface area (Å²) in [6, 6.07) is 9.56. The van der Waals surface area contributed by atoms with E-state index < -0.39 is 17.8 Å². The first-order valence-corrected chi connectivity index (χ1v) is 9.92. The lowest BCUT2D eigenvalue weighted by Crippen LogP contribution is -2.54. The van der Waals surface area contributed by atoms with E-state index in [9.17, 15) is 14.4 Å². The molecular weight excluding hydrogens is 487 g/mol. The topological polar surface area (TPSA) is 84.9 Å². The third-order valence-corrected chi connectivity index (χ3v) is 5.04. The van der Waals surface area contributed by atoms with Gasteiger partial charge in [-0.15, -0.1) is 0 Å². The summed E-state index contributed by atoms with van der Waals surface area (Å²) in [5, 5.41) is 2.22. The van der Waals surface area contributed by atoms with E-state index in [-0.39, 0.29) is 5.57 Å². The van der Waals surface area contributed by atoms with Crippen molar-refractivity contribution in [1.29, 1.82) is 0 Å². The molecule has 0 bridgehead atoms. The van der Waals surface area contributed by atoms with Crippen molar-refractivity contribution >= 4 is 52.2 Å². The van der Waals surface area contributed by atoms with E-state index >= 15 is 0 Å². The molecule has 2 aromatic rings. The number of imide groups is 2. The van der Waals surface area contributed by atoms with E-state index in [2.05, 4.69) is 27.9 Å². The van der Waals surface area contributed by atoms with Crippen molar-refractivity contribution in [1.82, 2.24) is 5.32 Å². The molecular formula is C21H19IN2O5. The fourth-order valence-electron chi connectivity index (χ4n) is 2.88. The zero-order chi connectivity index (χ0) is 21.1. The van der Waals surface area contributed by atoms with Gasteiger partial charge >= 0.3 is 6.03 Å². The van der Waals surface area contributed by atoms with Crippen molar-refractivity contribution < 1.29 is 23.9 Å². The lowest BCUT2D eigenvalue weighted by Gasteiger charge is -2.26. The number of nitrogens with one attached hydrogen (secondary N) is 1. The van der Waals surface area contributed by atoms with Crippen molar-refractivity contribution in [3.8, 4) is 11.5 Å². The van der Waals surface area contributed by atoms with Gasteiger partial charge in [-0.3, -0.25) is 14.9 Å². The van der Waals surface area contributed by atoms with E-state index in [1.165, 1.54) is 6.08 Å². The SMILES string of the molecule is CCOc1cc(/C=C2/C(=O)NC(=O)N(c3ccc(C)cc3)C2=O)cc(I)c1OC. The molecule has 0 spiro atoms. The number of carbonyl (C=O) groups excluding carboxylic acids is 3. The molecule has 2 aromatic carbocycles. The van der Waals surface area contributed by atoms with Gasteiger partial charge in [0.25, 0.3) is 11.8 Å². The summed E-state index contributed by atoms with van der Waals surface area (Å²) in [6.45, 7) is 4.18. The number of ether oxygens (including phenoxy) is 2. The van der Waals surface area contributed by atoms with Crippen LogP contribution in [0.4, 0.5) is 10.5 Å². The molecule has 0 saturated carbocycles. The van der Waals surface area contributed by atoms with Gasteiger partial charge < -0.3 is 9.47 Å². The molecule has 0 aliphatic carbocycles. The predicted octanol–water partition coefficient (Wildman–Crippen LogP) is 3.67. The molecule has 1 aliphatic heterocycles. The number of nitrogens with zero attached hydrogens (tertiary/aromatic N) is 1. The second kappa shape index (κ2) is 8.64. The van der Waals surface area contributed by atoms with Gasteiger partial charge in [-0.2, -0.15) is 0 Å². The molecule has 4 amide bonds. The van der Waals surface area contributed by atoms with E-state index in [1.54, 1.807) is 43.5 Å². The van der Waals surface area contributed by atoms with Crippen LogP contribution < -0.4 is 19.7 Å². The Morgan fingerprint density at radius 2 is 1.83 bits per heavy atom. The van der Waals surface area contributed by atoms with Crippen LogP contribution in [0.3, 0.4) is 0 Å². The molecule has 1 fully saturated rings. The highest BCUT2D eigenvalue weighted by Crippen LogP contribution is 2.35. The minimum atomic E-state index is -0.777. The Labute approximate surface area is 181 Å². The number of carbonyl (C=O) groups is 3. The second-order valence-corrected chi connectivity index (χ2v) is 7.42. The molecule has 1 aliphatic rings. The molecule has 0 unspecified atom stereocenters. The third-order valence-electron chi connectivity index (χ3n) is 4.24. The van der Waals surface area contributed by atoms with Gasteiger partial charge in [-0.25, -0.2) is 9.69 Å². The van der Waals surface area contributed by atoms with Gasteiger partial charge in [-0.1, -0.05) is 17.7 Å². The number of rotatable bonds is 5. The Hall–Kier alpha value is -2.88. The van der Waals surface area contributed by atoms with Crippen LogP contribution in [-0.2, 0) is 9.59 Å². The van der Waals surface area contributed by atoms with Crippen molar-refractivity contribution in [3.63, 3.8) is 0 Å². The Balaban J connectivity index is 2.03. The fraction of sp³-hybridized carbons (Fsp3) is 0.190. The average Bonchev–Trinajstić information content (AvgIpc) is 2.67. The minimum Gasteiger partial charge on any atom is -0.492 e. The van der Waals surface area contributed by atoms with Crippen LogP contribution >= 0.6 is 22.6 Å². The van der Waals surface area contributed by atoms with Crippen LogP contribution in [0.25, 0.3) is 6.08 Å². The smallest absolute Gasteiger partial charge is 0.335 e. The van der Waals surface area contributed by atoms with Crippen LogP contribution in [0.5, 0.6) is 11.5 Å². The Kier molecular flexibility index (Phi) is 6.21. The summed E-state index contributed by atoms with van der Waals surface area (Å²) in [5.74, 6) is -0.354. The van der Waals surface area contributed by atoms with E-state index in [4.69, 9.17) is 9.47 Å². The summed E-state index contributed by atoms with van der Waals surface area (Å²) in [6.07, 6.45) is 1.44. The fourth-order valence-corrected chi connectivity index (χ4v) is 3.73. The number of aryl methyl sites for hydroxylation is 1. The number of amides is 4. The molecule has 150 valence electrons. The van der Waals surface area contributed by atoms with Crippen LogP contribution in [0.2, 0.25) is 0 Å². The average molecular weight is 506 g/mol. The first-order valence-electron chi connectivity index (χ1n) is 8.84. The number of urea groups is 1. The minimum absolute atomic E-state index is 0.145. The number of hydrogen-bond donors (Lipinski definition) is 1. The van der Waals surface area contributed by atoms with Gasteiger partial charge in [0, 0.05) is 0 Å². The molecule has 0 aromatic heterocycles. The molecule has 8 heteroatoms. The largest absolute Gasteiger partial charge is 0.492 e. The van der Waals surface area contributed by atoms with Crippen LogP contribution in [-0.4, -0.2) is 31.6 Å². The molecule has 7 nitrogen and oxygen atoms in total. The normalized spacial score (nSPS) is 15.5.